The Labute approximate surface area is 97.3 Å². The fourth-order valence-electron chi connectivity index (χ4n) is 1.41. The molecule has 76 valence electrons. The van der Waals surface area contributed by atoms with Gasteiger partial charge in [-0.05, 0) is 30.7 Å². The summed E-state index contributed by atoms with van der Waals surface area (Å²) in [5.41, 5.74) is 9.68. The lowest BCUT2D eigenvalue weighted by Gasteiger charge is -2.06. The van der Waals surface area contributed by atoms with Crippen molar-refractivity contribution in [3.05, 3.63) is 46.6 Å². The van der Waals surface area contributed by atoms with E-state index < -0.39 is 0 Å². The molecule has 0 aliphatic rings. The van der Waals surface area contributed by atoms with Gasteiger partial charge in [-0.25, -0.2) is 0 Å². The van der Waals surface area contributed by atoms with Crippen molar-refractivity contribution in [3.8, 4) is 11.3 Å². The Balaban J connectivity index is 2.54. The number of pyridine rings is 1. The Hall–Kier alpha value is -1.35. The highest BCUT2D eigenvalue weighted by Gasteiger charge is 2.05. The topological polar surface area (TPSA) is 38.9 Å². The number of nitrogens with two attached hydrogens (primary N) is 1. The van der Waals surface area contributed by atoms with Crippen LogP contribution in [0.4, 0.5) is 5.69 Å². The smallest absolute Gasteiger partial charge is 0.0933 e. The van der Waals surface area contributed by atoms with E-state index in [0.717, 1.165) is 27.0 Å². The molecule has 0 atom stereocenters. The maximum atomic E-state index is 5.98. The molecule has 0 radical (unpaired) electrons. The SMILES string of the molecule is Cc1ccnc(-c2ccc(Br)cc2)c1N. The monoisotopic (exact) mass is 262 g/mol. The fraction of sp³-hybridized carbons (Fsp3) is 0.0833. The van der Waals surface area contributed by atoms with Gasteiger partial charge in [-0.2, -0.15) is 0 Å². The van der Waals surface area contributed by atoms with Crippen molar-refractivity contribution in [2.45, 2.75) is 6.92 Å². The van der Waals surface area contributed by atoms with Gasteiger partial charge in [0.05, 0.1) is 11.4 Å². The predicted molar refractivity (Wildman–Crippen MR) is 66.5 cm³/mol. The summed E-state index contributed by atoms with van der Waals surface area (Å²) in [7, 11) is 0. The van der Waals surface area contributed by atoms with Crippen molar-refractivity contribution in [3.63, 3.8) is 0 Å². The van der Waals surface area contributed by atoms with E-state index in [-0.39, 0.29) is 0 Å². The zero-order valence-electron chi connectivity index (χ0n) is 8.37. The third-order valence-corrected chi connectivity index (χ3v) is 2.85. The van der Waals surface area contributed by atoms with Gasteiger partial charge >= 0.3 is 0 Å². The molecule has 0 saturated carbocycles. The molecule has 2 N–H and O–H groups in total. The Kier molecular flexibility index (Phi) is 2.73. The molecule has 0 amide bonds. The summed E-state index contributed by atoms with van der Waals surface area (Å²) in [6.45, 7) is 1.99. The van der Waals surface area contributed by atoms with Crippen LogP contribution in [0.3, 0.4) is 0 Å². The molecule has 0 bridgehead atoms. The maximum Gasteiger partial charge on any atom is 0.0933 e. The van der Waals surface area contributed by atoms with Crippen molar-refractivity contribution in [2.24, 2.45) is 0 Å². The van der Waals surface area contributed by atoms with Gasteiger partial charge < -0.3 is 5.73 Å². The van der Waals surface area contributed by atoms with Crippen LogP contribution >= 0.6 is 15.9 Å². The van der Waals surface area contributed by atoms with Gasteiger partial charge in [0.2, 0.25) is 0 Å². The van der Waals surface area contributed by atoms with E-state index in [9.17, 15) is 0 Å². The number of nitrogen functional groups attached to an aromatic ring is 1. The highest BCUT2D eigenvalue weighted by molar-refractivity contribution is 9.10. The number of nitrogens with zero attached hydrogens (tertiary/aromatic N) is 1. The summed E-state index contributed by atoms with van der Waals surface area (Å²) in [6.07, 6.45) is 1.78. The molecule has 15 heavy (non-hydrogen) atoms. The van der Waals surface area contributed by atoms with E-state index in [4.69, 9.17) is 5.73 Å². The second kappa shape index (κ2) is 4.03. The molecule has 2 aromatic rings. The summed E-state index contributed by atoms with van der Waals surface area (Å²) in [6, 6.07) is 9.89. The van der Waals surface area contributed by atoms with Crippen molar-refractivity contribution >= 4 is 21.6 Å². The normalized spacial score (nSPS) is 10.3. The lowest BCUT2D eigenvalue weighted by atomic mass is 10.1. The maximum absolute atomic E-state index is 5.98. The van der Waals surface area contributed by atoms with Crippen LogP contribution in [0.15, 0.2) is 41.0 Å². The molecule has 0 unspecified atom stereocenters. The molecule has 0 fully saturated rings. The molecule has 0 aliphatic carbocycles. The summed E-state index contributed by atoms with van der Waals surface area (Å²) in [5.74, 6) is 0. The lowest BCUT2D eigenvalue weighted by molar-refractivity contribution is 1.29. The molecule has 1 heterocycles. The first kappa shape index (κ1) is 10.2. The first-order valence-corrected chi connectivity index (χ1v) is 5.45. The minimum Gasteiger partial charge on any atom is -0.397 e. The van der Waals surface area contributed by atoms with Gasteiger partial charge in [-0.15, -0.1) is 0 Å². The predicted octanol–water partition coefficient (Wildman–Crippen LogP) is 3.40. The van der Waals surface area contributed by atoms with Crippen LogP contribution in [0.2, 0.25) is 0 Å². The zero-order valence-corrected chi connectivity index (χ0v) is 9.95. The van der Waals surface area contributed by atoms with E-state index in [2.05, 4.69) is 20.9 Å². The minimum atomic E-state index is 0.750. The highest BCUT2D eigenvalue weighted by atomic mass is 79.9. The molecule has 2 nitrogen and oxygen atoms in total. The highest BCUT2D eigenvalue weighted by Crippen LogP contribution is 2.26. The Morgan fingerprint density at radius 3 is 2.47 bits per heavy atom. The molecule has 2 rings (SSSR count). The Morgan fingerprint density at radius 1 is 1.13 bits per heavy atom. The number of hydrogen-bond donors (Lipinski definition) is 1. The average Bonchev–Trinajstić information content (AvgIpc) is 2.24. The molecular formula is C12H11BrN2. The van der Waals surface area contributed by atoms with Crippen LogP contribution in [0.25, 0.3) is 11.3 Å². The van der Waals surface area contributed by atoms with Crippen LogP contribution in [0, 0.1) is 6.92 Å². The van der Waals surface area contributed by atoms with Gasteiger partial charge in [-0.1, -0.05) is 28.1 Å². The summed E-state index contributed by atoms with van der Waals surface area (Å²) in [4.78, 5) is 4.30. The van der Waals surface area contributed by atoms with Gasteiger partial charge in [0, 0.05) is 16.2 Å². The number of hydrogen-bond acceptors (Lipinski definition) is 2. The standard InChI is InChI=1S/C12H11BrN2/c1-8-6-7-15-12(11(8)14)9-2-4-10(13)5-3-9/h2-7H,14H2,1H3. The first-order chi connectivity index (χ1) is 7.18. The van der Waals surface area contributed by atoms with Crippen molar-refractivity contribution in [2.75, 3.05) is 5.73 Å². The van der Waals surface area contributed by atoms with Crippen LogP contribution < -0.4 is 5.73 Å². The number of anilines is 1. The first-order valence-electron chi connectivity index (χ1n) is 4.65. The second-order valence-corrected chi connectivity index (χ2v) is 4.31. The van der Waals surface area contributed by atoms with Crippen LogP contribution in [0.5, 0.6) is 0 Å². The van der Waals surface area contributed by atoms with Gasteiger partial charge in [0.15, 0.2) is 0 Å². The van der Waals surface area contributed by atoms with E-state index in [1.54, 1.807) is 6.20 Å². The van der Waals surface area contributed by atoms with Gasteiger partial charge in [0.25, 0.3) is 0 Å². The Bertz CT molecular complexity index is 477. The number of benzene rings is 1. The van der Waals surface area contributed by atoms with Gasteiger partial charge in [-0.3, -0.25) is 4.98 Å². The van der Waals surface area contributed by atoms with Crippen LogP contribution in [0.1, 0.15) is 5.56 Å². The van der Waals surface area contributed by atoms with E-state index in [0.29, 0.717) is 0 Å². The van der Waals surface area contributed by atoms with E-state index in [1.807, 2.05) is 37.3 Å². The number of rotatable bonds is 1. The summed E-state index contributed by atoms with van der Waals surface area (Å²) >= 11 is 3.40. The average molecular weight is 263 g/mol. The lowest BCUT2D eigenvalue weighted by Crippen LogP contribution is -1.95. The van der Waals surface area contributed by atoms with Gasteiger partial charge in [0.1, 0.15) is 0 Å². The molecule has 0 spiro atoms. The number of halogens is 1. The molecule has 1 aromatic carbocycles. The summed E-state index contributed by atoms with van der Waals surface area (Å²) < 4.78 is 1.05. The second-order valence-electron chi connectivity index (χ2n) is 3.40. The molecule has 0 aliphatic heterocycles. The van der Waals surface area contributed by atoms with E-state index in [1.165, 1.54) is 0 Å². The minimum absolute atomic E-state index is 0.750. The van der Waals surface area contributed by atoms with Crippen molar-refractivity contribution in [1.29, 1.82) is 0 Å². The molecular weight excluding hydrogens is 252 g/mol. The van der Waals surface area contributed by atoms with Crippen LogP contribution in [-0.2, 0) is 0 Å². The third kappa shape index (κ3) is 2.02. The van der Waals surface area contributed by atoms with E-state index >= 15 is 0 Å². The molecule has 3 heteroatoms. The van der Waals surface area contributed by atoms with Crippen LogP contribution in [-0.4, -0.2) is 4.98 Å². The number of aryl methyl sites for hydroxylation is 1. The quantitative estimate of drug-likeness (QED) is 0.856. The summed E-state index contributed by atoms with van der Waals surface area (Å²) in [5, 5.41) is 0. The third-order valence-electron chi connectivity index (χ3n) is 2.33. The Morgan fingerprint density at radius 2 is 1.80 bits per heavy atom. The van der Waals surface area contributed by atoms with Crippen molar-refractivity contribution < 1.29 is 0 Å². The number of aromatic nitrogens is 1. The van der Waals surface area contributed by atoms with Crippen molar-refractivity contribution in [1.82, 2.24) is 4.98 Å². The zero-order chi connectivity index (χ0) is 10.8. The molecule has 0 saturated heterocycles. The fourth-order valence-corrected chi connectivity index (χ4v) is 1.67. The molecule has 1 aromatic heterocycles. The largest absolute Gasteiger partial charge is 0.397 e.